The van der Waals surface area contributed by atoms with Crippen LogP contribution in [-0.2, 0) is 4.74 Å². The van der Waals surface area contributed by atoms with E-state index < -0.39 is 0 Å². The maximum Gasteiger partial charge on any atom is 0.0747 e. The molecule has 2 heteroatoms. The highest BCUT2D eigenvalue weighted by atomic mass is 16.5. The molecule has 0 amide bonds. The summed E-state index contributed by atoms with van der Waals surface area (Å²) in [6, 6.07) is 0.544. The summed E-state index contributed by atoms with van der Waals surface area (Å²) >= 11 is 0. The fraction of sp³-hybridized carbons (Fsp3) is 1.00. The van der Waals surface area contributed by atoms with E-state index in [0.717, 1.165) is 12.5 Å². The molecule has 0 radical (unpaired) electrons. The Morgan fingerprint density at radius 3 is 2.35 bits per heavy atom. The highest BCUT2D eigenvalue weighted by molar-refractivity contribution is 4.83. The summed E-state index contributed by atoms with van der Waals surface area (Å²) < 4.78 is 5.72. The molecule has 1 aliphatic rings. The van der Waals surface area contributed by atoms with Gasteiger partial charge < -0.3 is 10.1 Å². The van der Waals surface area contributed by atoms with E-state index in [-0.39, 0.29) is 0 Å². The number of hydrogen-bond donors (Lipinski definition) is 1. The molecule has 0 heterocycles. The molecule has 0 aromatic rings. The van der Waals surface area contributed by atoms with Crippen molar-refractivity contribution in [3.8, 4) is 0 Å². The standard InChI is InChI=1S/C15H31NO/c1-5-10-16-14(15(17-4)12(2)3)11-13-8-6-7-9-13/h12-16H,5-11H2,1-4H3. The average Bonchev–Trinajstić information content (AvgIpc) is 2.78. The van der Waals surface area contributed by atoms with Gasteiger partial charge in [-0.1, -0.05) is 46.5 Å². The number of hydrogen-bond acceptors (Lipinski definition) is 2. The van der Waals surface area contributed by atoms with Crippen molar-refractivity contribution in [1.82, 2.24) is 5.32 Å². The van der Waals surface area contributed by atoms with Crippen LogP contribution in [-0.4, -0.2) is 25.8 Å². The summed E-state index contributed by atoms with van der Waals surface area (Å²) in [5.41, 5.74) is 0. The Balaban J connectivity index is 2.50. The van der Waals surface area contributed by atoms with Gasteiger partial charge in [-0.2, -0.15) is 0 Å². The second kappa shape index (κ2) is 8.10. The molecular formula is C15H31NO. The van der Waals surface area contributed by atoms with Crippen molar-refractivity contribution in [3.63, 3.8) is 0 Å². The van der Waals surface area contributed by atoms with Crippen LogP contribution in [0.1, 0.15) is 59.3 Å². The molecule has 2 atom stereocenters. The quantitative estimate of drug-likeness (QED) is 0.701. The van der Waals surface area contributed by atoms with Gasteiger partial charge in [-0.3, -0.25) is 0 Å². The largest absolute Gasteiger partial charge is 0.380 e. The Morgan fingerprint density at radius 2 is 1.88 bits per heavy atom. The zero-order chi connectivity index (χ0) is 12.7. The highest BCUT2D eigenvalue weighted by Gasteiger charge is 2.27. The molecule has 1 fully saturated rings. The van der Waals surface area contributed by atoms with Crippen LogP contribution in [0, 0.1) is 11.8 Å². The maximum absolute atomic E-state index is 5.72. The van der Waals surface area contributed by atoms with Crippen LogP contribution >= 0.6 is 0 Å². The van der Waals surface area contributed by atoms with E-state index in [1.165, 1.54) is 38.5 Å². The molecule has 0 aromatic heterocycles. The monoisotopic (exact) mass is 241 g/mol. The van der Waals surface area contributed by atoms with Crippen LogP contribution in [0.3, 0.4) is 0 Å². The Hall–Kier alpha value is -0.0800. The molecule has 102 valence electrons. The van der Waals surface area contributed by atoms with Gasteiger partial charge in [-0.15, -0.1) is 0 Å². The number of methoxy groups -OCH3 is 1. The van der Waals surface area contributed by atoms with Gasteiger partial charge in [0.25, 0.3) is 0 Å². The van der Waals surface area contributed by atoms with Gasteiger partial charge in [0.15, 0.2) is 0 Å². The zero-order valence-corrected chi connectivity index (χ0v) is 12.2. The van der Waals surface area contributed by atoms with Gasteiger partial charge in [-0.05, 0) is 31.2 Å². The number of rotatable bonds is 8. The third-order valence-corrected chi connectivity index (χ3v) is 4.04. The van der Waals surface area contributed by atoms with Crippen molar-refractivity contribution in [2.24, 2.45) is 11.8 Å². The van der Waals surface area contributed by atoms with Crippen LogP contribution in [0.4, 0.5) is 0 Å². The number of nitrogens with one attached hydrogen (secondary N) is 1. The van der Waals surface area contributed by atoms with E-state index in [1.807, 2.05) is 7.11 Å². The van der Waals surface area contributed by atoms with Crippen LogP contribution in [0.25, 0.3) is 0 Å². The van der Waals surface area contributed by atoms with Crippen molar-refractivity contribution in [2.75, 3.05) is 13.7 Å². The minimum atomic E-state index is 0.363. The van der Waals surface area contributed by atoms with E-state index in [4.69, 9.17) is 4.74 Å². The molecule has 0 spiro atoms. The normalized spacial score (nSPS) is 21.0. The fourth-order valence-corrected chi connectivity index (χ4v) is 3.17. The Morgan fingerprint density at radius 1 is 1.24 bits per heavy atom. The Kier molecular flexibility index (Phi) is 7.14. The van der Waals surface area contributed by atoms with Crippen LogP contribution in [0.15, 0.2) is 0 Å². The van der Waals surface area contributed by atoms with E-state index in [0.29, 0.717) is 18.1 Å². The lowest BCUT2D eigenvalue weighted by molar-refractivity contribution is 0.0261. The van der Waals surface area contributed by atoms with Gasteiger partial charge in [0.05, 0.1) is 6.10 Å². The zero-order valence-electron chi connectivity index (χ0n) is 12.2. The molecule has 1 saturated carbocycles. The van der Waals surface area contributed by atoms with Crippen LogP contribution in [0.2, 0.25) is 0 Å². The first-order chi connectivity index (χ1) is 8.19. The first-order valence-corrected chi connectivity index (χ1v) is 7.45. The first-order valence-electron chi connectivity index (χ1n) is 7.45. The van der Waals surface area contributed by atoms with Gasteiger partial charge in [0, 0.05) is 13.2 Å². The number of ether oxygens (including phenoxy) is 1. The molecule has 2 nitrogen and oxygen atoms in total. The van der Waals surface area contributed by atoms with Gasteiger partial charge in [-0.25, -0.2) is 0 Å². The topological polar surface area (TPSA) is 21.3 Å². The summed E-state index contributed by atoms with van der Waals surface area (Å²) in [6.45, 7) is 7.88. The van der Waals surface area contributed by atoms with Gasteiger partial charge in [0.1, 0.15) is 0 Å². The molecule has 0 bridgehead atoms. The Labute approximate surface area is 108 Å². The van der Waals surface area contributed by atoms with E-state index in [2.05, 4.69) is 26.1 Å². The molecule has 0 aromatic carbocycles. The molecule has 17 heavy (non-hydrogen) atoms. The third kappa shape index (κ3) is 4.97. The SMILES string of the molecule is CCCNC(CC1CCCC1)C(OC)C(C)C. The summed E-state index contributed by atoms with van der Waals surface area (Å²) in [6.07, 6.45) is 8.60. The molecule has 2 unspecified atom stereocenters. The predicted molar refractivity (Wildman–Crippen MR) is 74.3 cm³/mol. The third-order valence-electron chi connectivity index (χ3n) is 4.04. The highest BCUT2D eigenvalue weighted by Crippen LogP contribution is 2.30. The molecule has 1 rings (SSSR count). The molecule has 1 aliphatic carbocycles. The van der Waals surface area contributed by atoms with Gasteiger partial charge >= 0.3 is 0 Å². The summed E-state index contributed by atoms with van der Waals surface area (Å²) in [7, 11) is 1.86. The van der Waals surface area contributed by atoms with E-state index in [1.54, 1.807) is 0 Å². The van der Waals surface area contributed by atoms with Gasteiger partial charge in [0.2, 0.25) is 0 Å². The maximum atomic E-state index is 5.72. The van der Waals surface area contributed by atoms with Crippen molar-refractivity contribution in [2.45, 2.75) is 71.4 Å². The lowest BCUT2D eigenvalue weighted by atomic mass is 9.90. The molecule has 0 aliphatic heterocycles. The second-order valence-electron chi connectivity index (χ2n) is 5.89. The molecule has 1 N–H and O–H groups in total. The van der Waals surface area contributed by atoms with Crippen molar-refractivity contribution in [1.29, 1.82) is 0 Å². The fourth-order valence-electron chi connectivity index (χ4n) is 3.17. The van der Waals surface area contributed by atoms with E-state index in [9.17, 15) is 0 Å². The minimum absolute atomic E-state index is 0.363. The van der Waals surface area contributed by atoms with Crippen molar-refractivity contribution >= 4 is 0 Å². The average molecular weight is 241 g/mol. The second-order valence-corrected chi connectivity index (χ2v) is 5.89. The minimum Gasteiger partial charge on any atom is -0.380 e. The lowest BCUT2D eigenvalue weighted by Gasteiger charge is -2.31. The molecular weight excluding hydrogens is 210 g/mol. The van der Waals surface area contributed by atoms with Crippen molar-refractivity contribution < 1.29 is 4.74 Å². The smallest absolute Gasteiger partial charge is 0.0747 e. The van der Waals surface area contributed by atoms with Crippen LogP contribution in [0.5, 0.6) is 0 Å². The summed E-state index contributed by atoms with van der Waals surface area (Å²) in [5.74, 6) is 1.52. The molecule has 0 saturated heterocycles. The first kappa shape index (κ1) is 15.0. The van der Waals surface area contributed by atoms with Crippen LogP contribution < -0.4 is 5.32 Å². The Bertz CT molecular complexity index is 187. The summed E-state index contributed by atoms with van der Waals surface area (Å²) in [4.78, 5) is 0. The van der Waals surface area contributed by atoms with E-state index >= 15 is 0 Å². The predicted octanol–water partition coefficient (Wildman–Crippen LogP) is 3.61. The van der Waals surface area contributed by atoms with Crippen molar-refractivity contribution in [3.05, 3.63) is 0 Å². The summed E-state index contributed by atoms with van der Waals surface area (Å²) in [5, 5.41) is 3.70. The lowest BCUT2D eigenvalue weighted by Crippen LogP contribution is -2.45.